The van der Waals surface area contributed by atoms with Crippen molar-refractivity contribution in [3.63, 3.8) is 0 Å². The SMILES string of the molecule is CN1CCC(CN[C@@H]2C[C@H]2c2ccc3c(c2)CCN3S(=O)(=O)c2ccccc2)CC1. The number of rotatable bonds is 6. The van der Waals surface area contributed by atoms with Gasteiger partial charge in [0.25, 0.3) is 10.0 Å². The summed E-state index contributed by atoms with van der Waals surface area (Å²) in [6.45, 7) is 4.09. The van der Waals surface area contributed by atoms with Gasteiger partial charge in [0.05, 0.1) is 10.6 Å². The molecule has 0 amide bonds. The van der Waals surface area contributed by atoms with Crippen LogP contribution in [0.3, 0.4) is 0 Å². The molecule has 0 radical (unpaired) electrons. The van der Waals surface area contributed by atoms with Crippen LogP contribution in [0.4, 0.5) is 5.69 Å². The van der Waals surface area contributed by atoms with E-state index in [1.54, 1.807) is 28.6 Å². The van der Waals surface area contributed by atoms with E-state index in [4.69, 9.17) is 0 Å². The number of sulfonamides is 1. The molecule has 5 nitrogen and oxygen atoms in total. The molecule has 6 heteroatoms. The van der Waals surface area contributed by atoms with E-state index in [0.29, 0.717) is 23.4 Å². The number of benzene rings is 2. The topological polar surface area (TPSA) is 52.6 Å². The number of nitrogens with one attached hydrogen (secondary N) is 1. The van der Waals surface area contributed by atoms with Gasteiger partial charge in [-0.25, -0.2) is 8.42 Å². The first-order valence-corrected chi connectivity index (χ1v) is 12.6. The number of hydrogen-bond acceptors (Lipinski definition) is 4. The highest BCUT2D eigenvalue weighted by atomic mass is 32.2. The van der Waals surface area contributed by atoms with Crippen LogP contribution in [0, 0.1) is 5.92 Å². The van der Waals surface area contributed by atoms with Gasteiger partial charge in [0.15, 0.2) is 0 Å². The van der Waals surface area contributed by atoms with Crippen LogP contribution < -0.4 is 9.62 Å². The van der Waals surface area contributed by atoms with E-state index in [1.165, 1.54) is 37.9 Å². The Labute approximate surface area is 180 Å². The molecule has 0 aromatic heterocycles. The Morgan fingerprint density at radius 1 is 1.03 bits per heavy atom. The molecule has 2 atom stereocenters. The summed E-state index contributed by atoms with van der Waals surface area (Å²) < 4.78 is 27.7. The fourth-order valence-corrected chi connectivity index (χ4v) is 6.49. The quantitative estimate of drug-likeness (QED) is 0.772. The Morgan fingerprint density at radius 2 is 1.80 bits per heavy atom. The maximum Gasteiger partial charge on any atom is 0.264 e. The van der Waals surface area contributed by atoms with Crippen molar-refractivity contribution in [1.82, 2.24) is 10.2 Å². The van der Waals surface area contributed by atoms with Crippen LogP contribution in [0.2, 0.25) is 0 Å². The normalized spacial score (nSPS) is 24.8. The summed E-state index contributed by atoms with van der Waals surface area (Å²) >= 11 is 0. The fraction of sp³-hybridized carbons (Fsp3) is 0.500. The summed E-state index contributed by atoms with van der Waals surface area (Å²) in [6, 6.07) is 15.7. The highest BCUT2D eigenvalue weighted by Gasteiger charge is 2.39. The molecule has 2 aromatic carbocycles. The van der Waals surface area contributed by atoms with Crippen molar-refractivity contribution in [2.75, 3.05) is 37.5 Å². The van der Waals surface area contributed by atoms with Crippen molar-refractivity contribution in [3.8, 4) is 0 Å². The lowest BCUT2D eigenvalue weighted by Gasteiger charge is -2.29. The third kappa shape index (κ3) is 3.88. The second kappa shape index (κ2) is 7.98. The number of likely N-dealkylation sites (tertiary alicyclic amines) is 1. The lowest BCUT2D eigenvalue weighted by molar-refractivity contribution is 0.215. The maximum atomic E-state index is 13.0. The molecular weight excluding hydrogens is 394 g/mol. The van der Waals surface area contributed by atoms with Gasteiger partial charge in [0.1, 0.15) is 0 Å². The molecule has 1 saturated heterocycles. The fourth-order valence-electron chi connectivity index (χ4n) is 4.96. The standard InChI is InChI=1S/C24H31N3O2S/c1-26-12-9-18(10-13-26)17-25-23-16-22(23)19-7-8-24-20(15-19)11-14-27(24)30(28,29)21-5-3-2-4-6-21/h2-8,15,18,22-23,25H,9-14,16-17H2,1H3/t22-,23+/m0/s1. The van der Waals surface area contributed by atoms with E-state index >= 15 is 0 Å². The van der Waals surface area contributed by atoms with Crippen LogP contribution in [-0.4, -0.2) is 52.6 Å². The molecule has 2 heterocycles. The van der Waals surface area contributed by atoms with Gasteiger partial charge < -0.3 is 10.2 Å². The Kier molecular flexibility index (Phi) is 5.33. The van der Waals surface area contributed by atoms with Gasteiger partial charge in [-0.3, -0.25) is 4.31 Å². The molecule has 2 aromatic rings. The van der Waals surface area contributed by atoms with Gasteiger partial charge in [-0.2, -0.15) is 0 Å². The van der Waals surface area contributed by atoms with Crippen molar-refractivity contribution < 1.29 is 8.42 Å². The second-order valence-corrected chi connectivity index (χ2v) is 11.0. The first-order valence-electron chi connectivity index (χ1n) is 11.1. The minimum absolute atomic E-state index is 0.363. The number of piperidine rings is 1. The zero-order chi connectivity index (χ0) is 20.7. The van der Waals surface area contributed by atoms with Gasteiger partial charge in [0, 0.05) is 18.5 Å². The van der Waals surface area contributed by atoms with Crippen LogP contribution >= 0.6 is 0 Å². The van der Waals surface area contributed by atoms with Gasteiger partial charge in [-0.05, 0) is 87.6 Å². The Balaban J connectivity index is 1.23. The number of nitrogens with zero attached hydrogens (tertiary/aromatic N) is 2. The first-order chi connectivity index (χ1) is 14.5. The molecule has 160 valence electrons. The van der Waals surface area contributed by atoms with E-state index in [0.717, 1.165) is 30.1 Å². The van der Waals surface area contributed by atoms with Crippen molar-refractivity contribution in [1.29, 1.82) is 0 Å². The molecule has 5 rings (SSSR count). The molecule has 2 aliphatic heterocycles. The summed E-state index contributed by atoms with van der Waals surface area (Å²) in [5.41, 5.74) is 3.36. The van der Waals surface area contributed by atoms with Crippen LogP contribution in [0.15, 0.2) is 53.4 Å². The largest absolute Gasteiger partial charge is 0.313 e. The van der Waals surface area contributed by atoms with Crippen molar-refractivity contribution >= 4 is 15.7 Å². The lowest BCUT2D eigenvalue weighted by Crippen LogP contribution is -2.35. The van der Waals surface area contributed by atoms with E-state index in [9.17, 15) is 8.42 Å². The Hall–Kier alpha value is -1.89. The molecular formula is C24H31N3O2S. The minimum atomic E-state index is -3.49. The van der Waals surface area contributed by atoms with Crippen LogP contribution in [0.25, 0.3) is 0 Å². The number of anilines is 1. The number of hydrogen-bond donors (Lipinski definition) is 1. The van der Waals surface area contributed by atoms with E-state index < -0.39 is 10.0 Å². The highest BCUT2D eigenvalue weighted by Crippen LogP contribution is 2.43. The molecule has 0 spiro atoms. The first kappa shape index (κ1) is 20.0. The predicted octanol–water partition coefficient (Wildman–Crippen LogP) is 3.23. The third-order valence-corrected chi connectivity index (χ3v) is 8.84. The summed E-state index contributed by atoms with van der Waals surface area (Å²) in [5.74, 6) is 1.38. The molecule has 2 fully saturated rings. The van der Waals surface area contributed by atoms with Crippen LogP contribution in [-0.2, 0) is 16.4 Å². The summed E-state index contributed by atoms with van der Waals surface area (Å²) in [4.78, 5) is 2.78. The van der Waals surface area contributed by atoms with Crippen LogP contribution in [0.5, 0.6) is 0 Å². The second-order valence-electron chi connectivity index (χ2n) is 9.13. The third-order valence-electron chi connectivity index (χ3n) is 7.01. The Bertz CT molecular complexity index is 1000. The maximum absolute atomic E-state index is 13.0. The molecule has 0 bridgehead atoms. The summed E-state index contributed by atoms with van der Waals surface area (Å²) in [5, 5.41) is 3.79. The van der Waals surface area contributed by atoms with E-state index in [1.807, 2.05) is 12.1 Å². The molecule has 30 heavy (non-hydrogen) atoms. The van der Waals surface area contributed by atoms with Gasteiger partial charge in [-0.15, -0.1) is 0 Å². The average Bonchev–Trinajstić information content (AvgIpc) is 3.42. The lowest BCUT2D eigenvalue weighted by atomic mass is 9.97. The highest BCUT2D eigenvalue weighted by molar-refractivity contribution is 7.92. The average molecular weight is 426 g/mol. The monoisotopic (exact) mass is 425 g/mol. The minimum Gasteiger partial charge on any atom is -0.313 e. The predicted molar refractivity (Wildman–Crippen MR) is 120 cm³/mol. The summed E-state index contributed by atoms with van der Waals surface area (Å²) in [6.07, 6.45) is 4.57. The molecule has 3 aliphatic rings. The Morgan fingerprint density at radius 3 is 2.57 bits per heavy atom. The summed E-state index contributed by atoms with van der Waals surface area (Å²) in [7, 11) is -1.28. The van der Waals surface area contributed by atoms with Crippen LogP contribution in [0.1, 0.15) is 36.3 Å². The molecule has 0 unspecified atom stereocenters. The van der Waals surface area contributed by atoms with Gasteiger partial charge in [0.2, 0.25) is 0 Å². The van der Waals surface area contributed by atoms with Crippen molar-refractivity contribution in [3.05, 3.63) is 59.7 Å². The van der Waals surface area contributed by atoms with Crippen molar-refractivity contribution in [2.45, 2.75) is 42.5 Å². The van der Waals surface area contributed by atoms with E-state index in [-0.39, 0.29) is 0 Å². The number of fused-ring (bicyclic) bond motifs is 1. The smallest absolute Gasteiger partial charge is 0.264 e. The van der Waals surface area contributed by atoms with Gasteiger partial charge >= 0.3 is 0 Å². The zero-order valence-corrected chi connectivity index (χ0v) is 18.4. The van der Waals surface area contributed by atoms with E-state index in [2.05, 4.69) is 29.4 Å². The molecule has 1 saturated carbocycles. The molecule has 1 aliphatic carbocycles. The zero-order valence-electron chi connectivity index (χ0n) is 17.6. The van der Waals surface area contributed by atoms with Crippen molar-refractivity contribution in [2.24, 2.45) is 5.92 Å². The van der Waals surface area contributed by atoms with Gasteiger partial charge in [-0.1, -0.05) is 30.3 Å². The molecule has 1 N–H and O–H groups in total.